The SMILES string of the molecule is C[Si](C)(C)/N=C(/[N-][Si](C)(C)C)c1c(F)cccc1F.C[Si](C)(C)/N=C(/[N-][Si](C)(C)C)c1c(F)cccc1F.[Li+].[Li+].[NH+]#Cc1c(F)cccc1F.[NH+]#Cc1c(F)cccc1F. The van der Waals surface area contributed by atoms with Crippen LogP contribution in [0, 0.1) is 58.7 Å². The Balaban J connectivity index is 0. The van der Waals surface area contributed by atoms with E-state index in [0.717, 1.165) is 24.3 Å². The molecule has 0 bridgehead atoms. The van der Waals surface area contributed by atoms with Crippen LogP contribution in [0.2, 0.25) is 78.6 Å². The molecule has 2 N–H and O–H groups in total. The number of hydrogen-bond acceptors (Lipinski definition) is 2. The Bertz CT molecular complexity index is 1940. The molecule has 0 aromatic heterocycles. The smallest absolute Gasteiger partial charge is 0.472 e. The molecule has 0 spiro atoms. The predicted octanol–water partition coefficient (Wildman–Crippen LogP) is 3.69. The van der Waals surface area contributed by atoms with Crippen molar-refractivity contribution in [1.29, 1.82) is 0 Å². The number of amidine groups is 2. The summed E-state index contributed by atoms with van der Waals surface area (Å²) in [7, 11) is -7.46. The Labute approximate surface area is 377 Å². The van der Waals surface area contributed by atoms with Crippen molar-refractivity contribution in [2.75, 3.05) is 0 Å². The minimum absolute atomic E-state index is 0. The van der Waals surface area contributed by atoms with E-state index >= 15 is 0 Å². The van der Waals surface area contributed by atoms with Gasteiger partial charge in [0.1, 0.15) is 46.5 Å². The van der Waals surface area contributed by atoms with Gasteiger partial charge in [-0.05, 0) is 48.5 Å². The van der Waals surface area contributed by atoms with E-state index in [1.54, 1.807) is 12.1 Å². The normalized spacial score (nSPS) is 11.6. The van der Waals surface area contributed by atoms with Crippen LogP contribution in [0.5, 0.6) is 0 Å². The third kappa shape index (κ3) is 21.7. The monoisotopic (exact) mass is 892 g/mol. The summed E-state index contributed by atoms with van der Waals surface area (Å²) in [5.41, 5.74) is -1.01. The third-order valence-corrected chi connectivity index (χ3v) is 9.84. The summed E-state index contributed by atoms with van der Waals surface area (Å²) in [6, 6.07) is 17.8. The topological polar surface area (TPSA) is 101 Å². The van der Waals surface area contributed by atoms with Crippen LogP contribution >= 0.6 is 0 Å². The molecule has 0 heterocycles. The number of nitrogens with zero attached hydrogens (tertiary/aromatic N) is 4. The van der Waals surface area contributed by atoms with E-state index in [4.69, 9.17) is 10.5 Å². The van der Waals surface area contributed by atoms with Crippen LogP contribution in [0.15, 0.2) is 82.1 Å². The number of hydrogen-bond donors (Lipinski definition) is 2. The maximum absolute atomic E-state index is 13.9. The number of benzene rings is 4. The fourth-order valence-electron chi connectivity index (χ4n) is 4.20. The van der Waals surface area contributed by atoms with Gasteiger partial charge in [0.25, 0.3) is 0 Å². The molecule has 6 nitrogen and oxygen atoms in total. The van der Waals surface area contributed by atoms with Gasteiger partial charge in [-0.2, -0.15) is 0 Å². The van der Waals surface area contributed by atoms with Crippen LogP contribution in [0.4, 0.5) is 35.1 Å². The van der Waals surface area contributed by atoms with Crippen LogP contribution in [-0.4, -0.2) is 44.6 Å². The zero-order valence-electron chi connectivity index (χ0n) is 36.7. The summed E-state index contributed by atoms with van der Waals surface area (Å²) in [4.78, 5) is 9.06. The Morgan fingerprint density at radius 3 is 0.767 bits per heavy atom. The summed E-state index contributed by atoms with van der Waals surface area (Å²) in [5, 5.41) is 13.0. The molecule has 0 fully saturated rings. The van der Waals surface area contributed by atoms with E-state index in [-0.39, 0.29) is 60.5 Å². The van der Waals surface area contributed by atoms with Gasteiger partial charge in [-0.15, -0.1) is 0 Å². The Morgan fingerprint density at radius 2 is 0.617 bits per heavy atom. The molecule has 60 heavy (non-hydrogen) atoms. The molecule has 4 rings (SSSR count). The summed E-state index contributed by atoms with van der Waals surface area (Å²) in [6.07, 6.45) is 0. The Hall–Kier alpha value is -3.70. The summed E-state index contributed by atoms with van der Waals surface area (Å²) in [5.74, 6) is -4.92. The molecule has 0 amide bonds. The molecular weight excluding hydrogens is 843 g/mol. The number of halogens is 8. The molecule has 0 aliphatic heterocycles. The second kappa shape index (κ2) is 25.3. The van der Waals surface area contributed by atoms with E-state index in [0.29, 0.717) is 0 Å². The van der Waals surface area contributed by atoms with Crippen molar-refractivity contribution in [3.05, 3.63) is 152 Å². The molecule has 0 unspecified atom stereocenters. The molecule has 0 saturated carbocycles. The van der Waals surface area contributed by atoms with Crippen molar-refractivity contribution < 1.29 is 83.4 Å². The number of nitrogens with one attached hydrogen (secondary N) is 2. The first-order valence-corrected chi connectivity index (χ1v) is 31.6. The second-order valence-corrected chi connectivity index (χ2v) is 34.7. The molecular formula is C40H50F8Li2N6Si4+2. The minimum Gasteiger partial charge on any atom is -0.472 e. The van der Waals surface area contributed by atoms with Crippen LogP contribution < -0.4 is 48.2 Å². The van der Waals surface area contributed by atoms with Crippen molar-refractivity contribution in [3.8, 4) is 12.1 Å². The number of rotatable bonds is 6. The first-order chi connectivity index (χ1) is 26.5. The van der Waals surface area contributed by atoms with Gasteiger partial charge in [0.2, 0.25) is 0 Å². The van der Waals surface area contributed by atoms with Crippen molar-refractivity contribution in [3.63, 3.8) is 0 Å². The first kappa shape index (κ1) is 58.4. The first-order valence-electron chi connectivity index (χ1n) is 17.8. The van der Waals surface area contributed by atoms with E-state index < -0.39 is 90.6 Å². The average Bonchev–Trinajstić information content (AvgIpc) is 3.03. The van der Waals surface area contributed by atoms with E-state index in [2.05, 4.69) is 19.3 Å². The van der Waals surface area contributed by atoms with Crippen molar-refractivity contribution in [2.24, 2.45) is 9.32 Å². The molecule has 312 valence electrons. The molecule has 20 heteroatoms. The van der Waals surface area contributed by atoms with Gasteiger partial charge in [0, 0.05) is 44.1 Å². The zero-order valence-corrected chi connectivity index (χ0v) is 40.7. The second-order valence-electron chi connectivity index (χ2n) is 16.4. The quantitative estimate of drug-likeness (QED) is 0.128. The molecule has 0 atom stereocenters. The molecule has 4 aromatic rings. The van der Waals surface area contributed by atoms with Gasteiger partial charge >= 0.3 is 49.9 Å². The predicted molar refractivity (Wildman–Crippen MR) is 227 cm³/mol. The molecule has 4 aromatic carbocycles. The van der Waals surface area contributed by atoms with Crippen LogP contribution in [0.3, 0.4) is 0 Å². The maximum Gasteiger partial charge on any atom is 1.00 e. The van der Waals surface area contributed by atoms with Crippen molar-refractivity contribution in [1.82, 2.24) is 0 Å². The molecule has 0 aliphatic rings. The van der Waals surface area contributed by atoms with Gasteiger partial charge < -0.3 is 19.3 Å². The fraction of sp³-hybridized carbons (Fsp3) is 0.300. The van der Waals surface area contributed by atoms with E-state index in [1.807, 2.05) is 78.6 Å². The van der Waals surface area contributed by atoms with Crippen molar-refractivity contribution in [2.45, 2.75) is 78.6 Å². The van der Waals surface area contributed by atoms with Gasteiger partial charge in [0.05, 0.1) is 0 Å². The van der Waals surface area contributed by atoms with Crippen LogP contribution in [-0.2, 0) is 0 Å². The fourth-order valence-corrected chi connectivity index (χ4v) is 7.59. The zero-order chi connectivity index (χ0) is 44.8. The summed E-state index contributed by atoms with van der Waals surface area (Å²) < 4.78 is 114. The summed E-state index contributed by atoms with van der Waals surface area (Å²) >= 11 is 0. The molecule has 0 radical (unpaired) electrons. The van der Waals surface area contributed by atoms with Crippen LogP contribution in [0.1, 0.15) is 22.3 Å². The average molecular weight is 893 g/mol. The Kier molecular flexibility index (Phi) is 24.6. The molecule has 0 aliphatic carbocycles. The minimum atomic E-state index is -1.87. The maximum atomic E-state index is 13.9. The van der Waals surface area contributed by atoms with Gasteiger partial charge in [-0.1, -0.05) is 125 Å². The van der Waals surface area contributed by atoms with Gasteiger partial charge in [0.15, 0.2) is 11.1 Å². The van der Waals surface area contributed by atoms with Crippen LogP contribution in [0.25, 0.3) is 9.96 Å². The largest absolute Gasteiger partial charge is 1.00 e. The van der Waals surface area contributed by atoms with E-state index in [1.165, 1.54) is 48.5 Å². The van der Waals surface area contributed by atoms with Crippen molar-refractivity contribution >= 4 is 44.6 Å². The standard InChI is InChI=1S/2C13H21F2N2Si2.2C7H3F2N.2Li/c2*1-18(2,3)16-13(17-19(4,5)6)12-10(14)8-7-9-11(12)15;2*8-6-2-1-3-7(9)5(6)4-10;;/h2*7-9H,1-6H3;2*1-3H;;/q2*-1;;;2*+1/p+2. The molecule has 0 saturated heterocycles. The summed E-state index contributed by atoms with van der Waals surface area (Å²) in [6.45, 7) is 24.2. The van der Waals surface area contributed by atoms with E-state index in [9.17, 15) is 35.1 Å². The van der Waals surface area contributed by atoms with Gasteiger partial charge in [-0.3, -0.25) is 0 Å². The van der Waals surface area contributed by atoms with Gasteiger partial charge in [-0.25, -0.2) is 35.1 Å². The Morgan fingerprint density at radius 1 is 0.417 bits per heavy atom. The third-order valence-electron chi connectivity index (χ3n) is 6.31.